The zero-order valence-corrected chi connectivity index (χ0v) is 13.6. The van der Waals surface area contributed by atoms with E-state index in [1.54, 1.807) is 6.21 Å². The maximum absolute atomic E-state index is 10.3. The lowest BCUT2D eigenvalue weighted by molar-refractivity contribution is 0.445. The molecule has 0 saturated heterocycles. The standard InChI is InChI=1S/C14H20N2OS2/c1-9-6-10(8-15-16-13(18)19-5)12(17)11(7-9)14(2,3)4/h6-8,17H,1-5H3,(H,16,18)/b15-8+. The Morgan fingerprint density at radius 1 is 1.42 bits per heavy atom. The number of hydrazone groups is 1. The summed E-state index contributed by atoms with van der Waals surface area (Å²) < 4.78 is 0.597. The van der Waals surface area contributed by atoms with E-state index in [4.69, 9.17) is 12.2 Å². The summed E-state index contributed by atoms with van der Waals surface area (Å²) >= 11 is 6.41. The topological polar surface area (TPSA) is 44.6 Å². The minimum Gasteiger partial charge on any atom is -0.507 e. The Bertz CT molecular complexity index is 505. The zero-order chi connectivity index (χ0) is 14.6. The summed E-state index contributed by atoms with van der Waals surface area (Å²) in [6.45, 7) is 8.22. The molecule has 0 aliphatic carbocycles. The van der Waals surface area contributed by atoms with Crippen molar-refractivity contribution in [3.8, 4) is 5.75 Å². The highest BCUT2D eigenvalue weighted by molar-refractivity contribution is 8.22. The van der Waals surface area contributed by atoms with Crippen LogP contribution in [-0.2, 0) is 5.41 Å². The summed E-state index contributed by atoms with van der Waals surface area (Å²) in [6.07, 6.45) is 3.48. The van der Waals surface area contributed by atoms with Gasteiger partial charge >= 0.3 is 0 Å². The molecule has 0 aliphatic heterocycles. The van der Waals surface area contributed by atoms with Gasteiger partial charge in [0.05, 0.1) is 6.21 Å². The van der Waals surface area contributed by atoms with Gasteiger partial charge in [-0.2, -0.15) is 5.10 Å². The molecule has 0 unspecified atom stereocenters. The minimum absolute atomic E-state index is 0.110. The molecule has 3 nitrogen and oxygen atoms in total. The van der Waals surface area contributed by atoms with Gasteiger partial charge in [-0.15, -0.1) is 0 Å². The van der Waals surface area contributed by atoms with Gasteiger partial charge in [-0.25, -0.2) is 0 Å². The number of thioether (sulfide) groups is 1. The van der Waals surface area contributed by atoms with Crippen molar-refractivity contribution >= 4 is 34.5 Å². The first kappa shape index (κ1) is 16.0. The number of phenols is 1. The molecule has 5 heteroatoms. The van der Waals surface area contributed by atoms with Crippen molar-refractivity contribution in [1.29, 1.82) is 0 Å². The van der Waals surface area contributed by atoms with Crippen molar-refractivity contribution in [1.82, 2.24) is 5.43 Å². The fourth-order valence-electron chi connectivity index (χ4n) is 1.68. The number of rotatable bonds is 2. The van der Waals surface area contributed by atoms with Gasteiger partial charge < -0.3 is 5.11 Å². The van der Waals surface area contributed by atoms with E-state index < -0.39 is 0 Å². The summed E-state index contributed by atoms with van der Waals surface area (Å²) in [4.78, 5) is 0. The molecule has 104 valence electrons. The van der Waals surface area contributed by atoms with E-state index in [1.807, 2.05) is 25.3 Å². The molecular formula is C14H20N2OS2. The van der Waals surface area contributed by atoms with Crippen LogP contribution in [0.25, 0.3) is 0 Å². The summed E-state index contributed by atoms with van der Waals surface area (Å²) in [5.74, 6) is 0.277. The molecule has 0 fully saturated rings. The second kappa shape index (κ2) is 6.39. The Hall–Kier alpha value is -1.07. The molecule has 0 aromatic heterocycles. The average Bonchev–Trinajstić information content (AvgIpc) is 2.31. The maximum atomic E-state index is 10.3. The SMILES string of the molecule is CSC(=S)N/N=C/c1cc(C)cc(C(C)(C)C)c1O. The largest absolute Gasteiger partial charge is 0.507 e. The molecular weight excluding hydrogens is 276 g/mol. The number of hydrogen-bond donors (Lipinski definition) is 2. The number of aromatic hydroxyl groups is 1. The highest BCUT2D eigenvalue weighted by Gasteiger charge is 2.20. The van der Waals surface area contributed by atoms with Crippen molar-refractivity contribution in [3.63, 3.8) is 0 Å². The van der Waals surface area contributed by atoms with E-state index in [1.165, 1.54) is 11.8 Å². The van der Waals surface area contributed by atoms with Crippen molar-refractivity contribution < 1.29 is 5.11 Å². The predicted octanol–water partition coefficient (Wildman–Crippen LogP) is 3.57. The van der Waals surface area contributed by atoms with Crippen LogP contribution >= 0.6 is 24.0 Å². The molecule has 1 aromatic rings. The Morgan fingerprint density at radius 3 is 2.58 bits per heavy atom. The monoisotopic (exact) mass is 296 g/mol. The fraction of sp³-hybridized carbons (Fsp3) is 0.429. The van der Waals surface area contributed by atoms with Gasteiger partial charge in [0, 0.05) is 11.1 Å². The van der Waals surface area contributed by atoms with Crippen molar-refractivity contribution in [3.05, 3.63) is 28.8 Å². The number of hydrogen-bond acceptors (Lipinski definition) is 4. The molecule has 0 atom stereocenters. The summed E-state index contributed by atoms with van der Waals surface area (Å²) in [6, 6.07) is 3.91. The summed E-state index contributed by atoms with van der Waals surface area (Å²) in [5.41, 5.74) is 5.34. The van der Waals surface area contributed by atoms with Crippen LogP contribution in [0.5, 0.6) is 5.75 Å². The van der Waals surface area contributed by atoms with Gasteiger partial charge in [0.1, 0.15) is 5.75 Å². The summed E-state index contributed by atoms with van der Waals surface area (Å²) in [7, 11) is 0. The van der Waals surface area contributed by atoms with E-state index in [0.717, 1.165) is 11.1 Å². The summed E-state index contributed by atoms with van der Waals surface area (Å²) in [5, 5.41) is 14.4. The Morgan fingerprint density at radius 2 is 2.05 bits per heavy atom. The fourth-order valence-corrected chi connectivity index (χ4v) is 1.87. The zero-order valence-electron chi connectivity index (χ0n) is 11.9. The predicted molar refractivity (Wildman–Crippen MR) is 88.4 cm³/mol. The van der Waals surface area contributed by atoms with Gasteiger partial charge in [-0.1, -0.05) is 50.8 Å². The number of nitrogens with one attached hydrogen (secondary N) is 1. The molecule has 0 bridgehead atoms. The number of phenolic OH excluding ortho intramolecular Hbond substituents is 1. The first-order chi connectivity index (χ1) is 8.75. The normalized spacial score (nSPS) is 11.8. The van der Waals surface area contributed by atoms with Gasteiger partial charge in [0.2, 0.25) is 0 Å². The van der Waals surface area contributed by atoms with Crippen molar-refractivity contribution in [2.75, 3.05) is 6.26 Å². The van der Waals surface area contributed by atoms with Gasteiger partial charge in [0.15, 0.2) is 4.32 Å². The lowest BCUT2D eigenvalue weighted by Gasteiger charge is -2.22. The number of aryl methyl sites for hydroxylation is 1. The quantitative estimate of drug-likeness (QED) is 0.497. The molecule has 1 rings (SSSR count). The molecule has 0 amide bonds. The van der Waals surface area contributed by atoms with E-state index in [2.05, 4.69) is 31.3 Å². The first-order valence-electron chi connectivity index (χ1n) is 5.97. The third kappa shape index (κ3) is 4.51. The first-order valence-corrected chi connectivity index (χ1v) is 7.60. The van der Waals surface area contributed by atoms with Crippen LogP contribution in [0.3, 0.4) is 0 Å². The molecule has 1 aromatic carbocycles. The third-order valence-corrected chi connectivity index (χ3v) is 3.69. The van der Waals surface area contributed by atoms with Crippen LogP contribution < -0.4 is 5.43 Å². The maximum Gasteiger partial charge on any atom is 0.153 e. The molecule has 0 aliphatic rings. The van der Waals surface area contributed by atoms with Crippen molar-refractivity contribution in [2.24, 2.45) is 5.10 Å². The van der Waals surface area contributed by atoms with Crippen LogP contribution in [-0.4, -0.2) is 21.9 Å². The molecule has 0 spiro atoms. The van der Waals surface area contributed by atoms with E-state index in [-0.39, 0.29) is 11.2 Å². The lowest BCUT2D eigenvalue weighted by Crippen LogP contribution is -2.13. The molecule has 19 heavy (non-hydrogen) atoms. The van der Waals surface area contributed by atoms with Crippen LogP contribution in [0, 0.1) is 6.92 Å². The number of nitrogens with zero attached hydrogens (tertiary/aromatic N) is 1. The van der Waals surface area contributed by atoms with Gasteiger partial charge in [-0.05, 0) is 30.2 Å². The van der Waals surface area contributed by atoms with E-state index in [0.29, 0.717) is 9.88 Å². The highest BCUT2D eigenvalue weighted by atomic mass is 32.2. The Labute approximate surface area is 124 Å². The minimum atomic E-state index is -0.110. The van der Waals surface area contributed by atoms with Crippen LogP contribution in [0.15, 0.2) is 17.2 Å². The molecule has 0 saturated carbocycles. The molecule has 0 heterocycles. The van der Waals surface area contributed by atoms with Gasteiger partial charge in [0.25, 0.3) is 0 Å². The Balaban J connectivity index is 3.09. The number of thiocarbonyl (C=S) groups is 1. The van der Waals surface area contributed by atoms with E-state index in [9.17, 15) is 5.11 Å². The van der Waals surface area contributed by atoms with E-state index >= 15 is 0 Å². The second-order valence-electron chi connectivity index (χ2n) is 5.36. The Kier molecular flexibility index (Phi) is 5.38. The lowest BCUT2D eigenvalue weighted by atomic mass is 9.84. The smallest absolute Gasteiger partial charge is 0.153 e. The molecule has 2 N–H and O–H groups in total. The van der Waals surface area contributed by atoms with Crippen LogP contribution in [0.1, 0.15) is 37.5 Å². The second-order valence-corrected chi connectivity index (χ2v) is 6.85. The molecule has 0 radical (unpaired) electrons. The van der Waals surface area contributed by atoms with Crippen molar-refractivity contribution in [2.45, 2.75) is 33.1 Å². The van der Waals surface area contributed by atoms with Gasteiger partial charge in [-0.3, -0.25) is 5.43 Å². The average molecular weight is 296 g/mol. The van der Waals surface area contributed by atoms with Crippen LogP contribution in [0.2, 0.25) is 0 Å². The number of benzene rings is 1. The third-order valence-electron chi connectivity index (χ3n) is 2.64. The van der Waals surface area contributed by atoms with Crippen LogP contribution in [0.4, 0.5) is 0 Å². The highest BCUT2D eigenvalue weighted by Crippen LogP contribution is 2.33.